The first kappa shape index (κ1) is 32.2. The minimum Gasteiger partial charge on any atom is -0.491 e. The number of ether oxygens (including phenoxy) is 3. The van der Waals surface area contributed by atoms with Crippen molar-refractivity contribution in [2.75, 3.05) is 49.2 Å². The molecule has 6 aromatic rings. The van der Waals surface area contributed by atoms with Crippen molar-refractivity contribution < 1.29 is 14.2 Å². The Morgan fingerprint density at radius 2 is 1.56 bits per heavy atom. The molecule has 50 heavy (non-hydrogen) atoms. The van der Waals surface area contributed by atoms with Crippen molar-refractivity contribution in [1.29, 1.82) is 0 Å². The average Bonchev–Trinajstić information content (AvgIpc) is 3.99. The number of piperazine rings is 1. The Balaban J connectivity index is 0.855. The van der Waals surface area contributed by atoms with Crippen LogP contribution in [-0.4, -0.2) is 79.8 Å². The number of aromatic nitrogens is 7. The summed E-state index contributed by atoms with van der Waals surface area (Å²) in [6, 6.07) is 24.5. The summed E-state index contributed by atoms with van der Waals surface area (Å²) < 4.78 is 23.3. The SMILES string of the molecule is CCC(C)n1ncn(-c2ccc(N3CCN(c4ccc(OC[C@@H]5CO[C@@](Cn6nccn6)(c6nc7ccccc7s6)O5)cc4)CC3)cc2)c1=O. The van der Waals surface area contributed by atoms with Crippen molar-refractivity contribution in [1.82, 2.24) is 34.3 Å². The van der Waals surface area contributed by atoms with Gasteiger partial charge in [0.05, 0.1) is 40.9 Å². The Morgan fingerprint density at radius 3 is 2.24 bits per heavy atom. The molecule has 258 valence electrons. The van der Waals surface area contributed by atoms with E-state index >= 15 is 0 Å². The van der Waals surface area contributed by atoms with Gasteiger partial charge in [0.25, 0.3) is 0 Å². The van der Waals surface area contributed by atoms with Gasteiger partial charge in [-0.15, -0.1) is 11.3 Å². The van der Waals surface area contributed by atoms with Gasteiger partial charge in [0.15, 0.2) is 5.01 Å². The molecular formula is C36H39N9O4S. The van der Waals surface area contributed by atoms with Crippen LogP contribution in [-0.2, 0) is 21.8 Å². The normalized spacial score (nSPS) is 20.1. The van der Waals surface area contributed by atoms with E-state index in [2.05, 4.69) is 56.3 Å². The van der Waals surface area contributed by atoms with Crippen LogP contribution in [0.4, 0.5) is 11.4 Å². The standard InChI is InChI=1S/C36H39N9O4S/c1-3-26(2)45-35(46)43(25-39-45)29-10-8-27(9-11-29)41-18-20-42(21-19-41)28-12-14-30(15-13-28)47-22-31-23-48-36(49-31,24-44-37-16-17-38-44)34-40-32-6-4-5-7-33(32)50-34/h4-17,25-26,31H,3,18-24H2,1-2H3/t26?,31-,36-/m1/s1. The molecule has 14 heteroatoms. The lowest BCUT2D eigenvalue weighted by molar-refractivity contribution is -0.192. The summed E-state index contributed by atoms with van der Waals surface area (Å²) in [7, 11) is 0. The Bertz CT molecular complexity index is 2050. The van der Waals surface area contributed by atoms with Crippen LogP contribution < -0.4 is 20.2 Å². The van der Waals surface area contributed by atoms with E-state index in [9.17, 15) is 4.79 Å². The lowest BCUT2D eigenvalue weighted by Crippen LogP contribution is -2.46. The summed E-state index contributed by atoms with van der Waals surface area (Å²) in [4.78, 5) is 24.0. The van der Waals surface area contributed by atoms with E-state index in [1.54, 1.807) is 44.1 Å². The van der Waals surface area contributed by atoms with Crippen molar-refractivity contribution in [3.05, 3.63) is 107 Å². The predicted molar refractivity (Wildman–Crippen MR) is 191 cm³/mol. The Kier molecular flexibility index (Phi) is 8.81. The Hall–Kier alpha value is -5.05. The molecule has 0 bridgehead atoms. The Morgan fingerprint density at radius 1 is 0.900 bits per heavy atom. The molecule has 0 spiro atoms. The molecule has 3 atom stereocenters. The molecule has 5 heterocycles. The fourth-order valence-electron chi connectivity index (χ4n) is 6.41. The van der Waals surface area contributed by atoms with Crippen LogP contribution >= 0.6 is 11.3 Å². The van der Waals surface area contributed by atoms with E-state index in [1.807, 2.05) is 55.5 Å². The first-order valence-corrected chi connectivity index (χ1v) is 17.8. The smallest absolute Gasteiger partial charge is 0.350 e. The van der Waals surface area contributed by atoms with E-state index in [4.69, 9.17) is 19.2 Å². The molecule has 3 aromatic carbocycles. The van der Waals surface area contributed by atoms with Gasteiger partial charge in [-0.1, -0.05) is 19.1 Å². The minimum atomic E-state index is -1.10. The molecule has 2 aliphatic rings. The maximum atomic E-state index is 12.8. The molecule has 0 N–H and O–H groups in total. The highest BCUT2D eigenvalue weighted by Gasteiger charge is 2.47. The van der Waals surface area contributed by atoms with E-state index in [1.165, 1.54) is 0 Å². The van der Waals surface area contributed by atoms with Crippen LogP contribution in [0.3, 0.4) is 0 Å². The summed E-state index contributed by atoms with van der Waals surface area (Å²) in [6.45, 7) is 8.64. The van der Waals surface area contributed by atoms with Crippen LogP contribution in [0.25, 0.3) is 15.9 Å². The van der Waals surface area contributed by atoms with Crippen LogP contribution in [0.15, 0.2) is 96.3 Å². The van der Waals surface area contributed by atoms with Gasteiger partial charge in [0, 0.05) is 37.6 Å². The van der Waals surface area contributed by atoms with Crippen molar-refractivity contribution in [2.45, 2.75) is 44.7 Å². The summed E-state index contributed by atoms with van der Waals surface area (Å²) >= 11 is 1.56. The van der Waals surface area contributed by atoms with Crippen LogP contribution in [0.1, 0.15) is 31.3 Å². The lowest BCUT2D eigenvalue weighted by Gasteiger charge is -2.37. The number of hydrogen-bond donors (Lipinski definition) is 0. The maximum absolute atomic E-state index is 12.8. The zero-order chi connectivity index (χ0) is 34.1. The van der Waals surface area contributed by atoms with Crippen LogP contribution in [0.2, 0.25) is 0 Å². The summed E-state index contributed by atoms with van der Waals surface area (Å²) in [6.07, 6.45) is 5.45. The molecule has 0 saturated carbocycles. The molecule has 0 amide bonds. The van der Waals surface area contributed by atoms with Gasteiger partial charge in [0.1, 0.15) is 31.3 Å². The highest BCUT2D eigenvalue weighted by atomic mass is 32.1. The van der Waals surface area contributed by atoms with Crippen LogP contribution in [0, 0.1) is 0 Å². The molecule has 2 saturated heterocycles. The second-order valence-electron chi connectivity index (χ2n) is 12.6. The third-order valence-electron chi connectivity index (χ3n) is 9.41. The lowest BCUT2D eigenvalue weighted by atomic mass is 10.2. The Labute approximate surface area is 293 Å². The second kappa shape index (κ2) is 13.7. The van der Waals surface area contributed by atoms with Crippen LogP contribution in [0.5, 0.6) is 5.75 Å². The van der Waals surface area contributed by atoms with Crippen molar-refractivity contribution in [3.8, 4) is 11.4 Å². The fourth-order valence-corrected chi connectivity index (χ4v) is 7.46. The number of nitrogens with zero attached hydrogens (tertiary/aromatic N) is 9. The van der Waals surface area contributed by atoms with Gasteiger partial charge >= 0.3 is 5.69 Å². The third-order valence-corrected chi connectivity index (χ3v) is 10.6. The quantitative estimate of drug-likeness (QED) is 0.186. The highest BCUT2D eigenvalue weighted by molar-refractivity contribution is 7.18. The molecule has 0 radical (unpaired) electrons. The van der Waals surface area contributed by atoms with E-state index in [-0.39, 0.29) is 24.4 Å². The monoisotopic (exact) mass is 693 g/mol. The third kappa shape index (κ3) is 6.37. The summed E-state index contributed by atoms with van der Waals surface area (Å²) in [5.41, 5.74) is 3.92. The summed E-state index contributed by atoms with van der Waals surface area (Å²) in [5, 5.41) is 13.6. The molecule has 1 unspecified atom stereocenters. The predicted octanol–water partition coefficient (Wildman–Crippen LogP) is 4.88. The number of anilines is 2. The van der Waals surface area contributed by atoms with Gasteiger partial charge < -0.3 is 24.0 Å². The number of para-hydroxylation sites is 1. The first-order chi connectivity index (χ1) is 24.5. The summed E-state index contributed by atoms with van der Waals surface area (Å²) in [5.74, 6) is -0.321. The average molecular weight is 694 g/mol. The number of thiazole rings is 1. The first-order valence-electron chi connectivity index (χ1n) is 17.0. The number of hydrogen-bond acceptors (Lipinski definition) is 11. The largest absolute Gasteiger partial charge is 0.491 e. The van der Waals surface area contributed by atoms with E-state index in [0.29, 0.717) is 13.2 Å². The second-order valence-corrected chi connectivity index (χ2v) is 13.7. The van der Waals surface area contributed by atoms with E-state index in [0.717, 1.165) is 70.6 Å². The van der Waals surface area contributed by atoms with Gasteiger partial charge in [-0.25, -0.2) is 19.0 Å². The van der Waals surface area contributed by atoms with Crippen molar-refractivity contribution in [2.24, 2.45) is 0 Å². The molecule has 0 aliphatic carbocycles. The van der Waals surface area contributed by atoms with Crippen molar-refractivity contribution in [3.63, 3.8) is 0 Å². The van der Waals surface area contributed by atoms with E-state index < -0.39 is 5.79 Å². The zero-order valence-electron chi connectivity index (χ0n) is 28.0. The molecule has 8 rings (SSSR count). The highest BCUT2D eigenvalue weighted by Crippen LogP contribution is 2.40. The number of rotatable bonds is 11. The minimum absolute atomic E-state index is 0.0687. The molecule has 3 aromatic heterocycles. The number of fused-ring (bicyclic) bond motifs is 1. The molecule has 2 fully saturated rings. The zero-order valence-corrected chi connectivity index (χ0v) is 28.9. The van der Waals surface area contributed by atoms with Gasteiger partial charge in [-0.3, -0.25) is 0 Å². The molecular weight excluding hydrogens is 655 g/mol. The number of benzene rings is 3. The van der Waals surface area contributed by atoms with Gasteiger partial charge in [0.2, 0.25) is 5.79 Å². The topological polar surface area (TPSA) is 118 Å². The van der Waals surface area contributed by atoms with Gasteiger partial charge in [-0.05, 0) is 74.0 Å². The maximum Gasteiger partial charge on any atom is 0.350 e. The molecule has 2 aliphatic heterocycles. The van der Waals surface area contributed by atoms with Crippen molar-refractivity contribution >= 4 is 32.9 Å². The van der Waals surface area contributed by atoms with Gasteiger partial charge in [-0.2, -0.15) is 20.1 Å². The fraction of sp³-hybridized carbons (Fsp3) is 0.361. The molecule has 13 nitrogen and oxygen atoms in total.